The molecule has 1 aromatic carbocycles. The van der Waals surface area contributed by atoms with Crippen LogP contribution in [-0.2, 0) is 13.1 Å². The molecule has 6 heteroatoms. The number of benzene rings is 1. The summed E-state index contributed by atoms with van der Waals surface area (Å²) in [6.45, 7) is 2.97. The molecule has 0 saturated heterocycles. The third kappa shape index (κ3) is 2.90. The molecule has 2 rings (SSSR count). The number of rotatable bonds is 4. The van der Waals surface area contributed by atoms with Crippen LogP contribution in [0.25, 0.3) is 0 Å². The van der Waals surface area contributed by atoms with E-state index in [9.17, 15) is 9.90 Å². The van der Waals surface area contributed by atoms with Crippen molar-refractivity contribution in [3.8, 4) is 5.75 Å². The van der Waals surface area contributed by atoms with Gasteiger partial charge in [-0.2, -0.15) is 5.10 Å². The van der Waals surface area contributed by atoms with Gasteiger partial charge in [-0.1, -0.05) is 12.1 Å². The lowest BCUT2D eigenvalue weighted by Gasteiger charge is -2.16. The van der Waals surface area contributed by atoms with Crippen molar-refractivity contribution in [1.82, 2.24) is 14.7 Å². The quantitative estimate of drug-likeness (QED) is 0.884. The summed E-state index contributed by atoms with van der Waals surface area (Å²) in [6, 6.07) is 6.80. The first-order valence-corrected chi connectivity index (χ1v) is 6.37. The van der Waals surface area contributed by atoms with Gasteiger partial charge >= 0.3 is 0 Å². The number of anilines is 1. The molecule has 1 aromatic heterocycles. The second kappa shape index (κ2) is 5.64. The van der Waals surface area contributed by atoms with Gasteiger partial charge in [-0.05, 0) is 24.6 Å². The molecule has 1 amide bonds. The van der Waals surface area contributed by atoms with Gasteiger partial charge in [0.05, 0.1) is 5.69 Å². The minimum atomic E-state index is -0.238. The average Bonchev–Trinajstić information content (AvgIpc) is 2.79. The molecule has 0 saturated carbocycles. The third-order valence-corrected chi connectivity index (χ3v) is 2.99. The highest BCUT2D eigenvalue weighted by atomic mass is 16.3. The molecule has 2 aromatic rings. The molecule has 106 valence electrons. The molecular weight excluding hydrogens is 256 g/mol. The van der Waals surface area contributed by atoms with E-state index in [1.807, 2.05) is 13.0 Å². The monoisotopic (exact) mass is 274 g/mol. The van der Waals surface area contributed by atoms with Crippen molar-refractivity contribution in [2.24, 2.45) is 0 Å². The molecule has 0 fully saturated rings. The summed E-state index contributed by atoms with van der Waals surface area (Å²) in [5.74, 6) is -0.0591. The number of hydrogen-bond donors (Lipinski definition) is 2. The zero-order chi connectivity index (χ0) is 14.7. The maximum absolute atomic E-state index is 12.3. The molecule has 3 N–H and O–H groups in total. The Balaban J connectivity index is 2.14. The third-order valence-electron chi connectivity index (χ3n) is 2.99. The van der Waals surface area contributed by atoms with E-state index < -0.39 is 0 Å². The zero-order valence-electron chi connectivity index (χ0n) is 11.6. The van der Waals surface area contributed by atoms with Crippen LogP contribution in [0.4, 0.5) is 5.69 Å². The maximum Gasteiger partial charge on any atom is 0.276 e. The summed E-state index contributed by atoms with van der Waals surface area (Å²) in [6.07, 6.45) is 1.65. The number of carbonyl (C=O) groups is 1. The fraction of sp³-hybridized carbons (Fsp3) is 0.286. The first-order valence-electron chi connectivity index (χ1n) is 6.37. The van der Waals surface area contributed by atoms with Gasteiger partial charge in [-0.25, -0.2) is 0 Å². The fourth-order valence-corrected chi connectivity index (χ4v) is 1.95. The smallest absolute Gasteiger partial charge is 0.276 e. The molecule has 1 heterocycles. The predicted molar refractivity (Wildman–Crippen MR) is 76.2 cm³/mol. The van der Waals surface area contributed by atoms with Crippen molar-refractivity contribution in [2.75, 3.05) is 12.8 Å². The van der Waals surface area contributed by atoms with Crippen molar-refractivity contribution >= 4 is 11.6 Å². The van der Waals surface area contributed by atoms with Gasteiger partial charge in [0.1, 0.15) is 5.75 Å². The number of carbonyl (C=O) groups excluding carboxylic acids is 1. The number of phenolic OH excluding ortho intramolecular Hbond substituents is 1. The Morgan fingerprint density at radius 3 is 2.85 bits per heavy atom. The van der Waals surface area contributed by atoms with Crippen molar-refractivity contribution in [1.29, 1.82) is 0 Å². The Labute approximate surface area is 117 Å². The summed E-state index contributed by atoms with van der Waals surface area (Å²) >= 11 is 0. The lowest BCUT2D eigenvalue weighted by Crippen LogP contribution is -2.27. The Morgan fingerprint density at radius 2 is 2.25 bits per heavy atom. The van der Waals surface area contributed by atoms with Gasteiger partial charge in [0, 0.05) is 26.3 Å². The van der Waals surface area contributed by atoms with E-state index in [1.165, 1.54) is 4.90 Å². The Bertz CT molecular complexity index is 621. The molecule has 0 spiro atoms. The molecule has 6 nitrogen and oxygen atoms in total. The predicted octanol–water partition coefficient (Wildman–Crippen LogP) is 1.46. The number of nitrogens with two attached hydrogens (primary N) is 1. The highest BCUT2D eigenvalue weighted by Crippen LogP contribution is 2.15. The lowest BCUT2D eigenvalue weighted by atomic mass is 10.2. The number of nitrogen functional groups attached to an aromatic ring is 1. The van der Waals surface area contributed by atoms with Crippen LogP contribution in [0.3, 0.4) is 0 Å². The molecule has 0 unspecified atom stereocenters. The first kappa shape index (κ1) is 13.9. The van der Waals surface area contributed by atoms with Crippen LogP contribution in [0, 0.1) is 0 Å². The van der Waals surface area contributed by atoms with E-state index in [2.05, 4.69) is 5.10 Å². The summed E-state index contributed by atoms with van der Waals surface area (Å²) in [7, 11) is 1.68. The van der Waals surface area contributed by atoms with Gasteiger partial charge in [-0.15, -0.1) is 0 Å². The summed E-state index contributed by atoms with van der Waals surface area (Å²) < 4.78 is 1.63. The zero-order valence-corrected chi connectivity index (χ0v) is 11.6. The summed E-state index contributed by atoms with van der Waals surface area (Å²) in [5.41, 5.74) is 7.28. The van der Waals surface area contributed by atoms with Crippen LogP contribution in [0.2, 0.25) is 0 Å². The average molecular weight is 274 g/mol. The van der Waals surface area contributed by atoms with Crippen LogP contribution in [0.5, 0.6) is 5.75 Å². The van der Waals surface area contributed by atoms with Crippen LogP contribution in [-0.4, -0.2) is 32.7 Å². The minimum Gasteiger partial charge on any atom is -0.508 e. The second-order valence-corrected chi connectivity index (χ2v) is 4.62. The van der Waals surface area contributed by atoms with E-state index in [4.69, 9.17) is 5.73 Å². The highest BCUT2D eigenvalue weighted by Gasteiger charge is 2.18. The van der Waals surface area contributed by atoms with Crippen molar-refractivity contribution in [3.63, 3.8) is 0 Å². The Hall–Kier alpha value is -2.50. The molecule has 0 aliphatic heterocycles. The number of phenols is 1. The number of aromatic hydroxyl groups is 1. The number of hydrogen-bond acceptors (Lipinski definition) is 4. The van der Waals surface area contributed by atoms with Crippen molar-refractivity contribution in [3.05, 3.63) is 41.7 Å². The first-order chi connectivity index (χ1) is 9.51. The Morgan fingerprint density at radius 1 is 1.50 bits per heavy atom. The normalized spacial score (nSPS) is 10.5. The maximum atomic E-state index is 12.3. The van der Waals surface area contributed by atoms with Crippen LogP contribution >= 0.6 is 0 Å². The van der Waals surface area contributed by atoms with Crippen LogP contribution < -0.4 is 5.73 Å². The van der Waals surface area contributed by atoms with Gasteiger partial charge in [-0.3, -0.25) is 9.48 Å². The summed E-state index contributed by atoms with van der Waals surface area (Å²) in [4.78, 5) is 13.8. The van der Waals surface area contributed by atoms with Gasteiger partial charge in [0.25, 0.3) is 5.91 Å². The van der Waals surface area contributed by atoms with Crippen LogP contribution in [0.15, 0.2) is 30.5 Å². The van der Waals surface area contributed by atoms with Crippen molar-refractivity contribution in [2.45, 2.75) is 20.0 Å². The highest BCUT2D eigenvalue weighted by molar-refractivity contribution is 5.96. The number of aromatic nitrogens is 2. The standard InChI is InChI=1S/C14H18N4O2/c1-3-18-9-12(15)13(16-18)14(20)17(2)8-10-5-4-6-11(19)7-10/h4-7,9,19H,3,8,15H2,1-2H3. The van der Waals surface area contributed by atoms with Gasteiger partial charge < -0.3 is 15.7 Å². The molecule has 20 heavy (non-hydrogen) atoms. The van der Waals surface area contributed by atoms with E-state index in [0.29, 0.717) is 18.8 Å². The number of amides is 1. The molecular formula is C14H18N4O2. The van der Waals surface area contributed by atoms with Gasteiger partial charge in [0.2, 0.25) is 0 Å². The molecule has 0 bridgehead atoms. The van der Waals surface area contributed by atoms with Crippen LogP contribution in [0.1, 0.15) is 23.0 Å². The van der Waals surface area contributed by atoms with Crippen molar-refractivity contribution < 1.29 is 9.90 Å². The lowest BCUT2D eigenvalue weighted by molar-refractivity contribution is 0.0779. The molecule has 0 aliphatic carbocycles. The van der Waals surface area contributed by atoms with E-state index in [1.54, 1.807) is 36.1 Å². The minimum absolute atomic E-state index is 0.179. The molecule has 0 atom stereocenters. The Kier molecular flexibility index (Phi) is 3.93. The number of aryl methyl sites for hydroxylation is 1. The second-order valence-electron chi connectivity index (χ2n) is 4.62. The fourth-order valence-electron chi connectivity index (χ4n) is 1.95. The van der Waals surface area contributed by atoms with E-state index in [0.717, 1.165) is 5.56 Å². The van der Waals surface area contributed by atoms with E-state index >= 15 is 0 Å². The topological polar surface area (TPSA) is 84.4 Å². The summed E-state index contributed by atoms with van der Waals surface area (Å²) in [5, 5.41) is 13.6. The van der Waals surface area contributed by atoms with E-state index in [-0.39, 0.29) is 17.4 Å². The number of nitrogens with zero attached hydrogens (tertiary/aromatic N) is 3. The molecule has 0 radical (unpaired) electrons. The largest absolute Gasteiger partial charge is 0.508 e. The molecule has 0 aliphatic rings. The van der Waals surface area contributed by atoms with Gasteiger partial charge in [0.15, 0.2) is 5.69 Å². The SMILES string of the molecule is CCn1cc(N)c(C(=O)N(C)Cc2cccc(O)c2)n1.